The molecule has 3 aromatic rings. The number of aromatic nitrogens is 4. The molecule has 0 aliphatic carbocycles. The van der Waals surface area contributed by atoms with E-state index in [1.54, 1.807) is 4.57 Å². The topological polar surface area (TPSA) is 140 Å². The highest BCUT2D eigenvalue weighted by Gasteiger charge is 2.26. The van der Waals surface area contributed by atoms with E-state index in [1.807, 2.05) is 24.3 Å². The Morgan fingerprint density at radius 3 is 2.90 bits per heavy atom. The molecule has 2 heterocycles. The summed E-state index contributed by atoms with van der Waals surface area (Å²) in [4.78, 5) is 14.7. The quantitative estimate of drug-likeness (QED) is 0.211. The number of hydrogen-bond acceptors (Lipinski definition) is 6. The zero-order valence-corrected chi connectivity index (χ0v) is 10.3. The van der Waals surface area contributed by atoms with Gasteiger partial charge in [0.1, 0.15) is 0 Å². The molecule has 0 radical (unpaired) electrons. The SMILES string of the molecule is NNC(=O)C[n+]1c(-c2nonc2N)[nH]c2ccccc21. The van der Waals surface area contributed by atoms with Gasteiger partial charge in [-0.15, -0.1) is 0 Å². The van der Waals surface area contributed by atoms with Crippen LogP contribution in [0.3, 0.4) is 0 Å². The number of nitrogens with two attached hydrogens (primary N) is 2. The average molecular weight is 274 g/mol. The van der Waals surface area contributed by atoms with Gasteiger partial charge >= 0.3 is 5.82 Å². The van der Waals surface area contributed by atoms with Gasteiger partial charge in [0.25, 0.3) is 5.91 Å². The molecule has 0 aliphatic rings. The maximum atomic E-state index is 11.6. The number of nitrogens with zero attached hydrogens (tertiary/aromatic N) is 3. The summed E-state index contributed by atoms with van der Waals surface area (Å²) < 4.78 is 6.30. The number of aromatic amines is 1. The number of fused-ring (bicyclic) bond motifs is 1. The molecule has 20 heavy (non-hydrogen) atoms. The third-order valence-corrected chi connectivity index (χ3v) is 2.92. The van der Waals surface area contributed by atoms with Crippen molar-refractivity contribution in [3.8, 4) is 11.5 Å². The van der Waals surface area contributed by atoms with Gasteiger partial charge in [0.2, 0.25) is 11.5 Å². The summed E-state index contributed by atoms with van der Waals surface area (Å²) in [5.74, 6) is 5.45. The van der Waals surface area contributed by atoms with Gasteiger partial charge in [0, 0.05) is 0 Å². The number of H-pyrrole nitrogens is 1. The molecule has 102 valence electrons. The van der Waals surface area contributed by atoms with Crippen LogP contribution < -0.4 is 21.6 Å². The van der Waals surface area contributed by atoms with E-state index in [-0.39, 0.29) is 18.3 Å². The molecule has 0 bridgehead atoms. The normalized spacial score (nSPS) is 10.8. The van der Waals surface area contributed by atoms with Crippen LogP contribution in [0.15, 0.2) is 28.9 Å². The minimum atomic E-state index is -0.351. The van der Waals surface area contributed by atoms with Gasteiger partial charge in [0.05, 0.1) is 0 Å². The summed E-state index contributed by atoms with van der Waals surface area (Å²) >= 11 is 0. The van der Waals surface area contributed by atoms with E-state index in [1.165, 1.54) is 0 Å². The zero-order chi connectivity index (χ0) is 14.1. The Hall–Kier alpha value is -2.94. The second-order valence-corrected chi connectivity index (χ2v) is 4.14. The van der Waals surface area contributed by atoms with Gasteiger partial charge in [-0.25, -0.2) is 20.0 Å². The Labute approximate surface area is 112 Å². The van der Waals surface area contributed by atoms with Gasteiger partial charge in [-0.3, -0.25) is 10.2 Å². The number of para-hydroxylation sites is 2. The van der Waals surface area contributed by atoms with Crippen LogP contribution in [0.25, 0.3) is 22.6 Å². The van der Waals surface area contributed by atoms with Crippen molar-refractivity contribution in [3.63, 3.8) is 0 Å². The van der Waals surface area contributed by atoms with Crippen LogP contribution in [0.5, 0.6) is 0 Å². The van der Waals surface area contributed by atoms with Crippen LogP contribution in [0.4, 0.5) is 5.82 Å². The number of benzene rings is 1. The minimum Gasteiger partial charge on any atom is -0.379 e. The second-order valence-electron chi connectivity index (χ2n) is 4.14. The number of carbonyl (C=O) groups is 1. The Morgan fingerprint density at radius 1 is 1.40 bits per heavy atom. The van der Waals surface area contributed by atoms with Gasteiger partial charge in [-0.05, 0) is 22.4 Å². The van der Waals surface area contributed by atoms with Crippen molar-refractivity contribution in [2.75, 3.05) is 5.73 Å². The number of rotatable bonds is 3. The molecule has 0 spiro atoms. The highest BCUT2D eigenvalue weighted by atomic mass is 16.6. The fourth-order valence-corrected chi connectivity index (χ4v) is 2.03. The van der Waals surface area contributed by atoms with E-state index in [0.29, 0.717) is 11.5 Å². The highest BCUT2D eigenvalue weighted by Crippen LogP contribution is 2.20. The van der Waals surface area contributed by atoms with E-state index >= 15 is 0 Å². The summed E-state index contributed by atoms with van der Waals surface area (Å²) in [5, 5.41) is 7.29. The Kier molecular flexibility index (Phi) is 2.80. The minimum absolute atomic E-state index is 0.0160. The molecule has 0 atom stereocenters. The van der Waals surface area contributed by atoms with Gasteiger partial charge in [-0.1, -0.05) is 12.1 Å². The standard InChI is InChI=1S/C11H11N7O2/c12-10-9(16-20-17-10)11-14-6-3-1-2-4-7(6)18(11)5-8(19)15-13/h1-4H,5H2,(H5,12,13,14,15,16,17,19)/p+1. The van der Waals surface area contributed by atoms with Crippen molar-refractivity contribution in [2.45, 2.75) is 6.54 Å². The number of hydrogen-bond donors (Lipinski definition) is 4. The lowest BCUT2D eigenvalue weighted by Crippen LogP contribution is -2.45. The largest absolute Gasteiger partial charge is 0.379 e. The van der Waals surface area contributed by atoms with Gasteiger partial charge < -0.3 is 5.73 Å². The fraction of sp³-hybridized carbons (Fsp3) is 0.0909. The molecule has 6 N–H and O–H groups in total. The van der Waals surface area contributed by atoms with E-state index in [4.69, 9.17) is 11.6 Å². The first-order chi connectivity index (χ1) is 9.70. The van der Waals surface area contributed by atoms with Crippen LogP contribution in [0.1, 0.15) is 0 Å². The molecule has 2 aromatic heterocycles. The predicted octanol–water partition coefficient (Wildman–Crippen LogP) is -0.922. The van der Waals surface area contributed by atoms with Gasteiger partial charge in [-0.2, -0.15) is 0 Å². The third-order valence-electron chi connectivity index (χ3n) is 2.92. The molecule has 0 unspecified atom stereocenters. The molecule has 1 amide bonds. The first kappa shape index (κ1) is 12.1. The monoisotopic (exact) mass is 274 g/mol. The Balaban J connectivity index is 2.22. The average Bonchev–Trinajstić information content (AvgIpc) is 3.03. The molecule has 0 saturated heterocycles. The Bertz CT molecular complexity index is 776. The number of imidazole rings is 1. The van der Waals surface area contributed by atoms with Gasteiger partial charge in [0.15, 0.2) is 17.6 Å². The number of carbonyl (C=O) groups excluding carboxylic acids is 1. The Morgan fingerprint density at radius 2 is 2.20 bits per heavy atom. The first-order valence-corrected chi connectivity index (χ1v) is 5.79. The van der Waals surface area contributed by atoms with Crippen molar-refractivity contribution in [1.82, 2.24) is 20.7 Å². The number of hydrazine groups is 1. The molecule has 0 aliphatic heterocycles. The molecule has 3 rings (SSSR count). The summed E-state index contributed by atoms with van der Waals surface area (Å²) in [7, 11) is 0. The summed E-state index contributed by atoms with van der Waals surface area (Å²) in [5.41, 5.74) is 9.77. The van der Waals surface area contributed by atoms with E-state index < -0.39 is 0 Å². The van der Waals surface area contributed by atoms with Crippen LogP contribution >= 0.6 is 0 Å². The van der Waals surface area contributed by atoms with Crippen molar-refractivity contribution in [1.29, 1.82) is 0 Å². The molecular weight excluding hydrogens is 262 g/mol. The molecular formula is C11H12N7O2+. The van der Waals surface area contributed by atoms with Crippen molar-refractivity contribution in [2.24, 2.45) is 5.84 Å². The third kappa shape index (κ3) is 1.86. The van der Waals surface area contributed by atoms with E-state index in [9.17, 15) is 4.79 Å². The number of nitrogens with one attached hydrogen (secondary N) is 2. The van der Waals surface area contributed by atoms with E-state index in [2.05, 4.69) is 25.4 Å². The molecule has 9 nitrogen and oxygen atoms in total. The second kappa shape index (κ2) is 4.63. The van der Waals surface area contributed by atoms with E-state index in [0.717, 1.165) is 11.0 Å². The number of nitrogen functional groups attached to an aromatic ring is 1. The van der Waals surface area contributed by atoms with Crippen LogP contribution in [0.2, 0.25) is 0 Å². The lowest BCUT2D eigenvalue weighted by Gasteiger charge is -1.99. The van der Waals surface area contributed by atoms with Crippen LogP contribution in [-0.4, -0.2) is 21.2 Å². The molecule has 1 aromatic carbocycles. The molecule has 0 saturated carbocycles. The summed E-state index contributed by atoms with van der Waals surface area (Å²) in [6.45, 7) is 0.0160. The molecule has 0 fully saturated rings. The number of anilines is 1. The lowest BCUT2D eigenvalue weighted by atomic mass is 10.3. The van der Waals surface area contributed by atoms with Crippen LogP contribution in [-0.2, 0) is 11.3 Å². The lowest BCUT2D eigenvalue weighted by molar-refractivity contribution is -0.647. The first-order valence-electron chi connectivity index (χ1n) is 5.79. The predicted molar refractivity (Wildman–Crippen MR) is 68.5 cm³/mol. The highest BCUT2D eigenvalue weighted by molar-refractivity contribution is 5.78. The van der Waals surface area contributed by atoms with Crippen molar-refractivity contribution < 1.29 is 14.0 Å². The van der Waals surface area contributed by atoms with Crippen molar-refractivity contribution >= 4 is 22.8 Å². The fourth-order valence-electron chi connectivity index (χ4n) is 2.03. The smallest absolute Gasteiger partial charge is 0.314 e. The van der Waals surface area contributed by atoms with Crippen LogP contribution in [0, 0.1) is 0 Å². The summed E-state index contributed by atoms with van der Waals surface area (Å²) in [6, 6.07) is 7.48. The maximum Gasteiger partial charge on any atom is 0.314 e. The maximum absolute atomic E-state index is 11.6. The summed E-state index contributed by atoms with van der Waals surface area (Å²) in [6.07, 6.45) is 0. The molecule has 9 heteroatoms. The zero-order valence-electron chi connectivity index (χ0n) is 10.3. The van der Waals surface area contributed by atoms with Crippen molar-refractivity contribution in [3.05, 3.63) is 24.3 Å². The number of amides is 1.